The Morgan fingerprint density at radius 2 is 2.25 bits per heavy atom. The summed E-state index contributed by atoms with van der Waals surface area (Å²) in [7, 11) is -3.50. The fraction of sp³-hybridized carbons (Fsp3) is 0.889. The van der Waals surface area contributed by atoms with Crippen LogP contribution in [0.5, 0.6) is 0 Å². The molecule has 0 unspecified atom stereocenters. The zero-order valence-electron chi connectivity index (χ0n) is 9.26. The molecule has 0 aromatic rings. The van der Waals surface area contributed by atoms with Crippen molar-refractivity contribution >= 4 is 16.0 Å². The molecule has 1 heterocycles. The standard InChI is InChI=1S/C9H17NO5S/c1-2-15-6-7-16(13,14)10-5-3-4-8(10)9(11)12/h8H,2-7H2,1H3,(H,11,12)/t8-/m1/s1. The molecule has 0 aliphatic carbocycles. The van der Waals surface area contributed by atoms with Gasteiger partial charge in [-0.05, 0) is 19.8 Å². The predicted octanol–water partition coefficient (Wildman–Crippen LogP) is -0.0983. The molecule has 1 rings (SSSR count). The summed E-state index contributed by atoms with van der Waals surface area (Å²) in [6.45, 7) is 2.65. The molecule has 0 spiro atoms. The van der Waals surface area contributed by atoms with Gasteiger partial charge in [-0.2, -0.15) is 4.31 Å². The van der Waals surface area contributed by atoms with Crippen LogP contribution in [0.4, 0.5) is 0 Å². The second-order valence-corrected chi connectivity index (χ2v) is 5.66. The van der Waals surface area contributed by atoms with E-state index in [1.165, 1.54) is 0 Å². The monoisotopic (exact) mass is 251 g/mol. The lowest BCUT2D eigenvalue weighted by atomic mass is 10.2. The zero-order valence-corrected chi connectivity index (χ0v) is 10.1. The average Bonchev–Trinajstić information content (AvgIpc) is 2.66. The number of carboxylic acids is 1. The van der Waals surface area contributed by atoms with E-state index >= 15 is 0 Å². The van der Waals surface area contributed by atoms with E-state index in [1.807, 2.05) is 0 Å². The van der Waals surface area contributed by atoms with Gasteiger partial charge in [-0.3, -0.25) is 4.79 Å². The Labute approximate surface area is 95.2 Å². The van der Waals surface area contributed by atoms with Gasteiger partial charge in [-0.25, -0.2) is 8.42 Å². The minimum Gasteiger partial charge on any atom is -0.480 e. The van der Waals surface area contributed by atoms with Gasteiger partial charge >= 0.3 is 5.97 Å². The van der Waals surface area contributed by atoms with Crippen molar-refractivity contribution in [1.82, 2.24) is 4.31 Å². The smallest absolute Gasteiger partial charge is 0.322 e. The predicted molar refractivity (Wildman–Crippen MR) is 57.6 cm³/mol. The molecule has 1 aliphatic rings. The fourth-order valence-corrected chi connectivity index (χ4v) is 3.30. The number of nitrogens with zero attached hydrogens (tertiary/aromatic N) is 1. The third-order valence-electron chi connectivity index (χ3n) is 2.54. The molecule has 1 N–H and O–H groups in total. The lowest BCUT2D eigenvalue weighted by molar-refractivity contribution is -0.140. The van der Waals surface area contributed by atoms with Gasteiger partial charge in [0.2, 0.25) is 10.0 Å². The van der Waals surface area contributed by atoms with Crippen LogP contribution in [0.15, 0.2) is 0 Å². The Bertz CT molecular complexity index is 340. The molecule has 1 aliphatic heterocycles. The molecule has 1 fully saturated rings. The Morgan fingerprint density at radius 3 is 2.81 bits per heavy atom. The first-order valence-corrected chi connectivity index (χ1v) is 6.90. The first-order valence-electron chi connectivity index (χ1n) is 5.29. The first-order chi connectivity index (χ1) is 7.49. The highest BCUT2D eigenvalue weighted by Gasteiger charge is 2.38. The third kappa shape index (κ3) is 3.16. The first kappa shape index (κ1) is 13.4. The van der Waals surface area contributed by atoms with Gasteiger partial charge in [0.05, 0.1) is 12.4 Å². The summed E-state index contributed by atoms with van der Waals surface area (Å²) in [5.74, 6) is -1.22. The number of sulfonamides is 1. The van der Waals surface area contributed by atoms with Crippen LogP contribution in [0.3, 0.4) is 0 Å². The highest BCUT2D eigenvalue weighted by atomic mass is 32.2. The molecule has 0 aromatic heterocycles. The Kier molecular flexibility index (Phi) is 4.69. The molecule has 1 saturated heterocycles. The van der Waals surface area contributed by atoms with Crippen LogP contribution in [0.2, 0.25) is 0 Å². The molecule has 6 nitrogen and oxygen atoms in total. The summed E-state index contributed by atoms with van der Waals surface area (Å²) < 4.78 is 29.7. The number of carboxylic acid groups (broad SMARTS) is 1. The van der Waals surface area contributed by atoms with Gasteiger partial charge < -0.3 is 9.84 Å². The quantitative estimate of drug-likeness (QED) is 0.666. The topological polar surface area (TPSA) is 83.9 Å². The average molecular weight is 251 g/mol. The number of ether oxygens (including phenoxy) is 1. The SMILES string of the molecule is CCOCCS(=O)(=O)N1CCC[C@@H]1C(=O)O. The lowest BCUT2D eigenvalue weighted by Gasteiger charge is -2.20. The van der Waals surface area contributed by atoms with Crippen LogP contribution >= 0.6 is 0 Å². The van der Waals surface area contributed by atoms with E-state index in [-0.39, 0.29) is 12.4 Å². The summed E-state index contributed by atoms with van der Waals surface area (Å²) >= 11 is 0. The highest BCUT2D eigenvalue weighted by molar-refractivity contribution is 7.89. The molecule has 0 saturated carbocycles. The largest absolute Gasteiger partial charge is 0.480 e. The maximum absolute atomic E-state index is 11.8. The molecule has 16 heavy (non-hydrogen) atoms. The van der Waals surface area contributed by atoms with Crippen molar-refractivity contribution in [3.8, 4) is 0 Å². The summed E-state index contributed by atoms with van der Waals surface area (Å²) in [6.07, 6.45) is 0.994. The summed E-state index contributed by atoms with van der Waals surface area (Å²) in [4.78, 5) is 10.9. The molecule has 0 amide bonds. The molecule has 7 heteroatoms. The maximum Gasteiger partial charge on any atom is 0.322 e. The zero-order chi connectivity index (χ0) is 12.2. The minimum atomic E-state index is -3.50. The fourth-order valence-electron chi connectivity index (χ4n) is 1.75. The third-order valence-corrected chi connectivity index (χ3v) is 4.37. The highest BCUT2D eigenvalue weighted by Crippen LogP contribution is 2.21. The van der Waals surface area contributed by atoms with E-state index < -0.39 is 22.0 Å². The number of carbonyl (C=O) groups is 1. The maximum atomic E-state index is 11.8. The summed E-state index contributed by atoms with van der Waals surface area (Å²) in [6, 6.07) is -0.897. The molecule has 94 valence electrons. The number of aliphatic carboxylic acids is 1. The van der Waals surface area contributed by atoms with E-state index in [9.17, 15) is 13.2 Å². The number of hydrogen-bond acceptors (Lipinski definition) is 4. The van der Waals surface area contributed by atoms with E-state index in [4.69, 9.17) is 9.84 Å². The van der Waals surface area contributed by atoms with Crippen LogP contribution in [-0.4, -0.2) is 55.4 Å². The van der Waals surface area contributed by atoms with Crippen LogP contribution in [0.1, 0.15) is 19.8 Å². The van der Waals surface area contributed by atoms with Gasteiger partial charge in [0.25, 0.3) is 0 Å². The molecular formula is C9H17NO5S. The van der Waals surface area contributed by atoms with E-state index in [0.717, 1.165) is 4.31 Å². The minimum absolute atomic E-state index is 0.113. The van der Waals surface area contributed by atoms with Crippen molar-refractivity contribution in [3.63, 3.8) is 0 Å². The van der Waals surface area contributed by atoms with Gasteiger partial charge in [0, 0.05) is 13.2 Å². The van der Waals surface area contributed by atoms with Crippen LogP contribution in [0, 0.1) is 0 Å². The lowest BCUT2D eigenvalue weighted by Crippen LogP contribution is -2.42. The normalized spacial score (nSPS) is 22.4. The van der Waals surface area contributed by atoms with Crippen molar-refractivity contribution in [2.75, 3.05) is 25.5 Å². The Balaban J connectivity index is 2.63. The Hall–Kier alpha value is -0.660. The van der Waals surface area contributed by atoms with Crippen molar-refractivity contribution in [1.29, 1.82) is 0 Å². The van der Waals surface area contributed by atoms with Gasteiger partial charge in [0.1, 0.15) is 6.04 Å². The second-order valence-electron chi connectivity index (χ2n) is 3.62. The van der Waals surface area contributed by atoms with Crippen molar-refractivity contribution < 1.29 is 23.1 Å². The van der Waals surface area contributed by atoms with E-state index in [1.54, 1.807) is 6.92 Å². The molecule has 0 bridgehead atoms. The molecular weight excluding hydrogens is 234 g/mol. The van der Waals surface area contributed by atoms with Crippen LogP contribution in [0.25, 0.3) is 0 Å². The van der Waals surface area contributed by atoms with Crippen LogP contribution < -0.4 is 0 Å². The summed E-state index contributed by atoms with van der Waals surface area (Å²) in [5, 5.41) is 8.88. The molecule has 1 atom stereocenters. The molecule has 0 radical (unpaired) electrons. The Morgan fingerprint density at radius 1 is 1.56 bits per heavy atom. The van der Waals surface area contributed by atoms with E-state index in [2.05, 4.69) is 0 Å². The van der Waals surface area contributed by atoms with Crippen molar-refractivity contribution in [2.24, 2.45) is 0 Å². The van der Waals surface area contributed by atoms with Gasteiger partial charge in [0.15, 0.2) is 0 Å². The van der Waals surface area contributed by atoms with E-state index in [0.29, 0.717) is 26.0 Å². The summed E-state index contributed by atoms with van der Waals surface area (Å²) in [5.41, 5.74) is 0. The number of rotatable bonds is 6. The number of hydrogen-bond donors (Lipinski definition) is 1. The molecule has 0 aromatic carbocycles. The van der Waals surface area contributed by atoms with Crippen molar-refractivity contribution in [2.45, 2.75) is 25.8 Å². The second kappa shape index (κ2) is 5.60. The van der Waals surface area contributed by atoms with Gasteiger partial charge in [-0.15, -0.1) is 0 Å². The van der Waals surface area contributed by atoms with Crippen molar-refractivity contribution in [3.05, 3.63) is 0 Å². The van der Waals surface area contributed by atoms with Gasteiger partial charge in [-0.1, -0.05) is 0 Å². The van der Waals surface area contributed by atoms with Crippen LogP contribution in [-0.2, 0) is 19.6 Å².